The smallest absolute Gasteiger partial charge is 0.319 e. The lowest BCUT2D eigenvalue weighted by atomic mass is 10.1. The van der Waals surface area contributed by atoms with Crippen molar-refractivity contribution >= 4 is 39.2 Å². The number of benzene rings is 2. The molecule has 0 radical (unpaired) electrons. The maximum absolute atomic E-state index is 12.4. The third-order valence-electron chi connectivity index (χ3n) is 3.52. The third-order valence-corrected chi connectivity index (χ3v) is 5.22. The maximum Gasteiger partial charge on any atom is 0.319 e. The van der Waals surface area contributed by atoms with Crippen LogP contribution in [0.25, 0.3) is 0 Å². The van der Waals surface area contributed by atoms with Gasteiger partial charge >= 0.3 is 5.97 Å². The summed E-state index contributed by atoms with van der Waals surface area (Å²) >= 11 is 1.36. The predicted molar refractivity (Wildman–Crippen MR) is 107 cm³/mol. The Kier molecular flexibility index (Phi) is 7.04. The molecule has 2 rings (SSSR count). The van der Waals surface area contributed by atoms with E-state index in [0.717, 1.165) is 11.2 Å². The highest BCUT2D eigenvalue weighted by molar-refractivity contribution is 8.00. The van der Waals surface area contributed by atoms with Gasteiger partial charge in [-0.1, -0.05) is 18.2 Å². The van der Waals surface area contributed by atoms with Gasteiger partial charge in [0.15, 0.2) is 6.10 Å². The highest BCUT2D eigenvalue weighted by Crippen LogP contribution is 2.24. The molecular formula is C19H21NO5S2. The topological polar surface area (TPSA) is 89.5 Å². The second-order valence-electron chi connectivity index (χ2n) is 5.97. The molecule has 0 aliphatic carbocycles. The van der Waals surface area contributed by atoms with Crippen LogP contribution in [0.1, 0.15) is 24.2 Å². The number of Topliss-reactive ketones (excluding diaryl/α,β-unsaturated/α-hetero) is 1. The van der Waals surface area contributed by atoms with Gasteiger partial charge in [0.1, 0.15) is 5.25 Å². The van der Waals surface area contributed by atoms with E-state index in [-0.39, 0.29) is 5.78 Å². The van der Waals surface area contributed by atoms with Gasteiger partial charge in [0.2, 0.25) is 15.8 Å². The molecule has 6 nitrogen and oxygen atoms in total. The Balaban J connectivity index is 1.95. The van der Waals surface area contributed by atoms with Crippen molar-refractivity contribution in [2.24, 2.45) is 0 Å². The number of ketones is 1. The first-order valence-corrected chi connectivity index (χ1v) is 11.0. The SMILES string of the molecule is C[C@H](OC(=O)[C@H](C)Sc1ccccc1)C(=O)c1ccc(NS(C)(=O)=O)cc1. The normalized spacial score (nSPS) is 13.4. The van der Waals surface area contributed by atoms with Crippen LogP contribution in [0.15, 0.2) is 59.5 Å². The van der Waals surface area contributed by atoms with Crippen LogP contribution in [-0.2, 0) is 19.6 Å². The van der Waals surface area contributed by atoms with Crippen molar-refractivity contribution in [3.8, 4) is 0 Å². The summed E-state index contributed by atoms with van der Waals surface area (Å²) in [5.41, 5.74) is 0.685. The monoisotopic (exact) mass is 407 g/mol. The van der Waals surface area contributed by atoms with Crippen LogP contribution in [0.5, 0.6) is 0 Å². The van der Waals surface area contributed by atoms with Crippen molar-refractivity contribution in [1.82, 2.24) is 0 Å². The summed E-state index contributed by atoms with van der Waals surface area (Å²) in [5.74, 6) is -0.828. The van der Waals surface area contributed by atoms with Gasteiger partial charge in [0, 0.05) is 16.1 Å². The van der Waals surface area contributed by atoms with Crippen LogP contribution in [0, 0.1) is 0 Å². The first-order valence-electron chi connectivity index (χ1n) is 8.20. The van der Waals surface area contributed by atoms with E-state index in [0.29, 0.717) is 11.3 Å². The number of carbonyl (C=O) groups is 2. The average Bonchev–Trinajstić information content (AvgIpc) is 2.61. The van der Waals surface area contributed by atoms with Crippen LogP contribution in [0.2, 0.25) is 0 Å². The Bertz CT molecular complexity index is 895. The largest absolute Gasteiger partial charge is 0.453 e. The summed E-state index contributed by atoms with van der Waals surface area (Å²) in [7, 11) is -3.38. The molecule has 2 aromatic carbocycles. The van der Waals surface area contributed by atoms with Gasteiger partial charge in [-0.3, -0.25) is 14.3 Å². The Labute approximate surface area is 163 Å². The van der Waals surface area contributed by atoms with Crippen molar-refractivity contribution in [2.75, 3.05) is 11.0 Å². The molecule has 0 bridgehead atoms. The molecule has 0 aromatic heterocycles. The number of hydrogen-bond donors (Lipinski definition) is 1. The number of hydrogen-bond acceptors (Lipinski definition) is 6. The molecule has 0 unspecified atom stereocenters. The van der Waals surface area contributed by atoms with Crippen LogP contribution in [0.4, 0.5) is 5.69 Å². The van der Waals surface area contributed by atoms with E-state index in [1.807, 2.05) is 30.3 Å². The number of thioether (sulfide) groups is 1. The minimum Gasteiger partial charge on any atom is -0.453 e. The Morgan fingerprint density at radius 1 is 1.00 bits per heavy atom. The maximum atomic E-state index is 12.4. The van der Waals surface area contributed by atoms with Crippen LogP contribution >= 0.6 is 11.8 Å². The molecule has 0 saturated carbocycles. The van der Waals surface area contributed by atoms with E-state index in [1.54, 1.807) is 6.92 Å². The average molecular weight is 408 g/mol. The zero-order valence-corrected chi connectivity index (χ0v) is 16.8. The summed E-state index contributed by atoms with van der Waals surface area (Å²) < 4.78 is 30.0. The Morgan fingerprint density at radius 2 is 1.59 bits per heavy atom. The van der Waals surface area contributed by atoms with Crippen LogP contribution in [0.3, 0.4) is 0 Å². The lowest BCUT2D eigenvalue weighted by molar-refractivity contribution is -0.145. The summed E-state index contributed by atoms with van der Waals surface area (Å²) in [6.45, 7) is 3.24. The molecule has 2 aromatic rings. The minimum absolute atomic E-state index is 0.331. The molecule has 2 atom stereocenters. The van der Waals surface area contributed by atoms with Gasteiger partial charge in [-0.05, 0) is 50.2 Å². The zero-order chi connectivity index (χ0) is 20.0. The molecule has 27 heavy (non-hydrogen) atoms. The Hall–Kier alpha value is -2.32. The quantitative estimate of drug-likeness (QED) is 0.410. The minimum atomic E-state index is -3.38. The molecule has 0 aliphatic rings. The second-order valence-corrected chi connectivity index (χ2v) is 9.13. The predicted octanol–water partition coefficient (Wildman–Crippen LogP) is 3.35. The van der Waals surface area contributed by atoms with E-state index < -0.39 is 27.3 Å². The third kappa shape index (κ3) is 6.73. The van der Waals surface area contributed by atoms with Gasteiger partial charge in [-0.15, -0.1) is 11.8 Å². The number of ether oxygens (including phenoxy) is 1. The van der Waals surface area contributed by atoms with Gasteiger partial charge in [0.05, 0.1) is 6.26 Å². The van der Waals surface area contributed by atoms with E-state index in [4.69, 9.17) is 4.74 Å². The van der Waals surface area contributed by atoms with Crippen LogP contribution in [-0.4, -0.2) is 37.8 Å². The first kappa shape index (κ1) is 21.0. The van der Waals surface area contributed by atoms with E-state index in [2.05, 4.69) is 4.72 Å². The summed E-state index contributed by atoms with van der Waals surface area (Å²) in [6.07, 6.45) is 0.104. The number of carbonyl (C=O) groups excluding carboxylic acids is 2. The first-order chi connectivity index (χ1) is 12.7. The highest BCUT2D eigenvalue weighted by Gasteiger charge is 2.23. The molecule has 0 saturated heterocycles. The molecule has 0 heterocycles. The fourth-order valence-corrected chi connectivity index (χ4v) is 3.66. The standard InChI is InChI=1S/C19H21NO5S2/c1-13(25-19(22)14(2)26-17-7-5-4-6-8-17)18(21)15-9-11-16(12-10-15)20-27(3,23)24/h4-14,20H,1-3H3/t13-,14-/m0/s1. The molecule has 1 N–H and O–H groups in total. The van der Waals surface area contributed by atoms with Gasteiger partial charge in [-0.25, -0.2) is 8.42 Å². The number of esters is 1. The van der Waals surface area contributed by atoms with Crippen LogP contribution < -0.4 is 4.72 Å². The highest BCUT2D eigenvalue weighted by atomic mass is 32.2. The molecule has 0 fully saturated rings. The Morgan fingerprint density at radius 3 is 2.15 bits per heavy atom. The number of rotatable bonds is 8. The fourth-order valence-electron chi connectivity index (χ4n) is 2.23. The number of sulfonamides is 1. The second kappa shape index (κ2) is 9.05. The number of nitrogens with one attached hydrogen (secondary N) is 1. The molecular weight excluding hydrogens is 386 g/mol. The summed E-state index contributed by atoms with van der Waals surface area (Å²) in [5, 5.41) is -0.455. The molecule has 0 aliphatic heterocycles. The lowest BCUT2D eigenvalue weighted by Gasteiger charge is -2.16. The zero-order valence-electron chi connectivity index (χ0n) is 15.2. The van der Waals surface area contributed by atoms with Crippen molar-refractivity contribution in [2.45, 2.75) is 30.1 Å². The van der Waals surface area contributed by atoms with Crippen molar-refractivity contribution in [1.29, 1.82) is 0 Å². The van der Waals surface area contributed by atoms with E-state index in [1.165, 1.54) is 43.0 Å². The van der Waals surface area contributed by atoms with Crippen molar-refractivity contribution in [3.63, 3.8) is 0 Å². The molecule has 144 valence electrons. The van der Waals surface area contributed by atoms with Gasteiger partial charge in [0.25, 0.3) is 0 Å². The van der Waals surface area contributed by atoms with Crippen molar-refractivity contribution in [3.05, 3.63) is 60.2 Å². The van der Waals surface area contributed by atoms with Crippen molar-refractivity contribution < 1.29 is 22.7 Å². The molecule has 0 amide bonds. The summed E-state index contributed by atoms with van der Waals surface area (Å²) in [6, 6.07) is 15.4. The molecule has 8 heteroatoms. The van der Waals surface area contributed by atoms with E-state index in [9.17, 15) is 18.0 Å². The fraction of sp³-hybridized carbons (Fsp3) is 0.263. The van der Waals surface area contributed by atoms with E-state index >= 15 is 0 Å². The summed E-state index contributed by atoms with van der Waals surface area (Å²) in [4.78, 5) is 25.6. The van der Waals surface area contributed by atoms with Gasteiger partial charge in [-0.2, -0.15) is 0 Å². The van der Waals surface area contributed by atoms with Gasteiger partial charge < -0.3 is 4.74 Å². The number of anilines is 1. The molecule has 0 spiro atoms. The lowest BCUT2D eigenvalue weighted by Crippen LogP contribution is -2.28.